The van der Waals surface area contributed by atoms with Gasteiger partial charge in [0.1, 0.15) is 11.6 Å². The Morgan fingerprint density at radius 2 is 1.74 bits per heavy atom. The Bertz CT molecular complexity index is 750. The van der Waals surface area contributed by atoms with Gasteiger partial charge in [0.2, 0.25) is 6.93 Å². The highest BCUT2D eigenvalue weighted by atomic mass is 19.3. The molecular formula is C22H31F3N2O4. The predicted molar refractivity (Wildman–Crippen MR) is 116 cm³/mol. The zero-order valence-corrected chi connectivity index (χ0v) is 18.6. The number of para-hydroxylation sites is 1. The topological polar surface area (TPSA) is 76.7 Å². The molecule has 0 saturated heterocycles. The number of esters is 1. The van der Waals surface area contributed by atoms with Crippen molar-refractivity contribution in [1.82, 2.24) is 5.32 Å². The molecule has 0 aliphatic rings. The van der Waals surface area contributed by atoms with Gasteiger partial charge in [-0.3, -0.25) is 4.79 Å². The van der Waals surface area contributed by atoms with Crippen LogP contribution in [0, 0.1) is 5.82 Å². The molecule has 0 aliphatic heterocycles. The summed E-state index contributed by atoms with van der Waals surface area (Å²) in [4.78, 5) is 23.3. The van der Waals surface area contributed by atoms with E-state index in [0.717, 1.165) is 5.57 Å². The molecule has 0 aliphatic carbocycles. The summed E-state index contributed by atoms with van der Waals surface area (Å²) in [5.74, 6) is -0.620. The fourth-order valence-electron chi connectivity index (χ4n) is 1.94. The van der Waals surface area contributed by atoms with E-state index in [1.807, 2.05) is 20.8 Å². The van der Waals surface area contributed by atoms with Gasteiger partial charge in [0.25, 0.3) is 0 Å². The van der Waals surface area contributed by atoms with Gasteiger partial charge in [0.05, 0.1) is 19.9 Å². The molecular weight excluding hydrogens is 413 g/mol. The highest BCUT2D eigenvalue weighted by molar-refractivity contribution is 5.91. The number of anilines is 1. The summed E-state index contributed by atoms with van der Waals surface area (Å²) in [5.41, 5.74) is 1.32. The number of allylic oxidation sites excluding steroid dienone is 3. The minimum atomic E-state index is -1.75. The number of benzene rings is 1. The van der Waals surface area contributed by atoms with E-state index in [0.29, 0.717) is 11.3 Å². The Kier molecular flexibility index (Phi) is 18.2. The standard InChI is InChI=1S/C19H23FN2O4.C2H6.CH2F2/c1-13(2)8-10-15(25-3)12-21-19(24)22-18-14(6-5-7-16(18)20)9-11-17(23)26-4;1-2;2-1-3/h5-8,10,12H,1,9,11H2,2-4H3,(H2,21,22,24);1-2H3;1H2/b10-8-,15-12-;;. The van der Waals surface area contributed by atoms with Crippen molar-refractivity contribution in [1.29, 1.82) is 0 Å². The smallest absolute Gasteiger partial charge is 0.323 e. The van der Waals surface area contributed by atoms with E-state index >= 15 is 0 Å². The lowest BCUT2D eigenvalue weighted by molar-refractivity contribution is -0.140. The molecule has 1 aromatic carbocycles. The number of urea groups is 1. The van der Waals surface area contributed by atoms with Gasteiger partial charge in [-0.25, -0.2) is 18.0 Å². The molecule has 174 valence electrons. The number of ether oxygens (including phenoxy) is 2. The third-order valence-electron chi connectivity index (χ3n) is 3.28. The van der Waals surface area contributed by atoms with Crippen molar-refractivity contribution in [2.45, 2.75) is 33.6 Å². The molecule has 1 rings (SSSR count). The molecule has 9 heteroatoms. The van der Waals surface area contributed by atoms with Gasteiger partial charge < -0.3 is 20.1 Å². The van der Waals surface area contributed by atoms with Crippen molar-refractivity contribution >= 4 is 17.7 Å². The molecule has 1 aromatic rings. The minimum Gasteiger partial charge on any atom is -0.495 e. The first-order chi connectivity index (χ1) is 14.8. The number of rotatable bonds is 8. The van der Waals surface area contributed by atoms with Gasteiger partial charge in [0.15, 0.2) is 0 Å². The maximum atomic E-state index is 14.1. The highest BCUT2D eigenvalue weighted by Crippen LogP contribution is 2.21. The molecule has 6 nitrogen and oxygen atoms in total. The zero-order valence-electron chi connectivity index (χ0n) is 18.6. The van der Waals surface area contributed by atoms with Crippen LogP contribution in [-0.2, 0) is 20.7 Å². The number of alkyl halides is 2. The Labute approximate surface area is 181 Å². The van der Waals surface area contributed by atoms with Crippen LogP contribution in [0.1, 0.15) is 32.8 Å². The number of hydrogen-bond donors (Lipinski definition) is 2. The highest BCUT2D eigenvalue weighted by Gasteiger charge is 2.13. The number of halogens is 3. The Morgan fingerprint density at radius 1 is 1.13 bits per heavy atom. The van der Waals surface area contributed by atoms with E-state index in [1.165, 1.54) is 32.6 Å². The lowest BCUT2D eigenvalue weighted by Gasteiger charge is -2.12. The number of methoxy groups -OCH3 is 2. The molecule has 2 N–H and O–H groups in total. The van der Waals surface area contributed by atoms with Gasteiger partial charge in [-0.2, -0.15) is 0 Å². The second kappa shape index (κ2) is 18.8. The van der Waals surface area contributed by atoms with E-state index in [2.05, 4.69) is 21.9 Å². The van der Waals surface area contributed by atoms with E-state index < -0.39 is 24.7 Å². The normalized spacial score (nSPS) is 10.1. The van der Waals surface area contributed by atoms with Gasteiger partial charge in [-0.1, -0.05) is 44.2 Å². The van der Waals surface area contributed by atoms with Crippen LogP contribution in [0.5, 0.6) is 0 Å². The van der Waals surface area contributed by atoms with E-state index in [-0.39, 0.29) is 18.5 Å². The summed E-state index contributed by atoms with van der Waals surface area (Å²) in [6.45, 7) is 7.79. The predicted octanol–water partition coefficient (Wildman–Crippen LogP) is 5.58. The number of nitrogens with one attached hydrogen (secondary N) is 2. The second-order valence-electron chi connectivity index (χ2n) is 5.48. The number of carbonyl (C=O) groups excluding carboxylic acids is 2. The molecule has 0 fully saturated rings. The average molecular weight is 444 g/mol. The van der Waals surface area contributed by atoms with Crippen LogP contribution in [-0.4, -0.2) is 33.1 Å². The number of hydrogen-bond acceptors (Lipinski definition) is 4. The average Bonchev–Trinajstić information content (AvgIpc) is 2.75. The van der Waals surface area contributed by atoms with E-state index in [4.69, 9.17) is 4.74 Å². The van der Waals surface area contributed by atoms with Crippen LogP contribution in [0.2, 0.25) is 0 Å². The van der Waals surface area contributed by atoms with Gasteiger partial charge in [-0.05, 0) is 31.1 Å². The van der Waals surface area contributed by atoms with Crippen molar-refractivity contribution in [2.75, 3.05) is 26.5 Å². The Balaban J connectivity index is 0. The van der Waals surface area contributed by atoms with E-state index in [1.54, 1.807) is 18.2 Å². The first-order valence-corrected chi connectivity index (χ1v) is 9.40. The fourth-order valence-corrected chi connectivity index (χ4v) is 1.94. The second-order valence-corrected chi connectivity index (χ2v) is 5.48. The zero-order chi connectivity index (χ0) is 24.2. The van der Waals surface area contributed by atoms with Crippen LogP contribution in [0.4, 0.5) is 23.7 Å². The molecule has 0 spiro atoms. The lowest BCUT2D eigenvalue weighted by Crippen LogP contribution is -2.25. The van der Waals surface area contributed by atoms with Crippen LogP contribution < -0.4 is 10.6 Å². The fraction of sp³-hybridized carbons (Fsp3) is 0.364. The largest absolute Gasteiger partial charge is 0.495 e. The number of aryl methyl sites for hydroxylation is 1. The van der Waals surface area contributed by atoms with Crippen molar-refractivity contribution in [3.63, 3.8) is 0 Å². The molecule has 2 amide bonds. The number of amides is 2. The monoisotopic (exact) mass is 444 g/mol. The maximum Gasteiger partial charge on any atom is 0.323 e. The van der Waals surface area contributed by atoms with E-state index in [9.17, 15) is 22.8 Å². The number of carbonyl (C=O) groups is 2. The molecule has 0 atom stereocenters. The molecule has 0 saturated carbocycles. The molecule has 0 heterocycles. The van der Waals surface area contributed by atoms with Gasteiger partial charge in [0, 0.05) is 12.6 Å². The molecule has 0 unspecified atom stereocenters. The van der Waals surface area contributed by atoms with Gasteiger partial charge in [-0.15, -0.1) is 0 Å². The van der Waals surface area contributed by atoms with Gasteiger partial charge >= 0.3 is 12.0 Å². The van der Waals surface area contributed by atoms with Crippen LogP contribution in [0.15, 0.2) is 54.5 Å². The Hall–Kier alpha value is -3.23. The van der Waals surface area contributed by atoms with Crippen molar-refractivity contribution in [3.05, 3.63) is 65.8 Å². The van der Waals surface area contributed by atoms with Crippen molar-refractivity contribution in [3.8, 4) is 0 Å². The van der Waals surface area contributed by atoms with Crippen molar-refractivity contribution in [2.24, 2.45) is 0 Å². The molecule has 0 bridgehead atoms. The Morgan fingerprint density at radius 3 is 2.26 bits per heavy atom. The van der Waals surface area contributed by atoms with Crippen molar-refractivity contribution < 1.29 is 32.2 Å². The maximum absolute atomic E-state index is 14.1. The summed E-state index contributed by atoms with van der Waals surface area (Å²) in [6, 6.07) is 3.72. The quantitative estimate of drug-likeness (QED) is 0.312. The first-order valence-electron chi connectivity index (χ1n) is 9.40. The molecule has 0 radical (unpaired) electrons. The molecule has 31 heavy (non-hydrogen) atoms. The third kappa shape index (κ3) is 14.4. The first kappa shape index (κ1) is 30.0. The van der Waals surface area contributed by atoms with Crippen LogP contribution >= 0.6 is 0 Å². The summed E-state index contributed by atoms with van der Waals surface area (Å²) in [6.07, 6.45) is 5.00. The summed E-state index contributed by atoms with van der Waals surface area (Å²) in [7, 11) is 2.73. The van der Waals surface area contributed by atoms with Crippen LogP contribution in [0.3, 0.4) is 0 Å². The molecule has 0 aromatic heterocycles. The summed E-state index contributed by atoms with van der Waals surface area (Å²) >= 11 is 0. The lowest BCUT2D eigenvalue weighted by atomic mass is 10.1. The SMILES string of the molecule is C=C(C)/C=C\C(=C\NC(=O)Nc1c(F)cccc1CCC(=O)OC)OC.CC.FCF. The summed E-state index contributed by atoms with van der Waals surface area (Å²) < 4.78 is 43.0. The van der Waals surface area contributed by atoms with Crippen LogP contribution in [0.25, 0.3) is 0 Å². The minimum absolute atomic E-state index is 0.0127. The third-order valence-corrected chi connectivity index (χ3v) is 3.28. The summed E-state index contributed by atoms with van der Waals surface area (Å²) in [5, 5.41) is 4.91.